The molecular formula is C14H20ClNO2S2. The average molecular weight is 334 g/mol. The van der Waals surface area contributed by atoms with E-state index in [9.17, 15) is 8.42 Å². The number of rotatable bonds is 5. The summed E-state index contributed by atoms with van der Waals surface area (Å²) in [6.07, 6.45) is 3.52. The van der Waals surface area contributed by atoms with Crippen LogP contribution in [-0.2, 0) is 9.84 Å². The van der Waals surface area contributed by atoms with Gasteiger partial charge in [0, 0.05) is 28.0 Å². The van der Waals surface area contributed by atoms with Crippen molar-refractivity contribution in [2.24, 2.45) is 0 Å². The molecule has 1 aromatic rings. The number of nitrogens with zero attached hydrogens (tertiary/aromatic N) is 1. The third-order valence-corrected chi connectivity index (χ3v) is 5.95. The SMILES string of the molecule is CS(=O)(=O)CCN1CCC(Sc2ccc(Cl)cc2)CC1. The number of halogens is 1. The van der Waals surface area contributed by atoms with Gasteiger partial charge in [0.05, 0.1) is 5.75 Å². The van der Waals surface area contributed by atoms with Crippen molar-refractivity contribution < 1.29 is 8.42 Å². The fourth-order valence-electron chi connectivity index (χ4n) is 2.25. The number of benzene rings is 1. The van der Waals surface area contributed by atoms with E-state index in [0.717, 1.165) is 31.0 Å². The number of piperidine rings is 1. The third kappa shape index (κ3) is 5.64. The monoisotopic (exact) mass is 333 g/mol. The van der Waals surface area contributed by atoms with Crippen LogP contribution < -0.4 is 0 Å². The van der Waals surface area contributed by atoms with E-state index in [2.05, 4.69) is 17.0 Å². The predicted octanol–water partition coefficient (Wildman–Crippen LogP) is 2.94. The summed E-state index contributed by atoms with van der Waals surface area (Å²) in [7, 11) is -2.85. The van der Waals surface area contributed by atoms with Gasteiger partial charge in [-0.1, -0.05) is 11.6 Å². The fraction of sp³-hybridized carbons (Fsp3) is 0.571. The topological polar surface area (TPSA) is 37.4 Å². The molecule has 112 valence electrons. The van der Waals surface area contributed by atoms with Gasteiger partial charge in [-0.25, -0.2) is 8.42 Å². The first-order chi connectivity index (χ1) is 9.42. The largest absolute Gasteiger partial charge is 0.302 e. The molecule has 0 atom stereocenters. The van der Waals surface area contributed by atoms with Gasteiger partial charge >= 0.3 is 0 Å². The van der Waals surface area contributed by atoms with Crippen LogP contribution in [0.5, 0.6) is 0 Å². The van der Waals surface area contributed by atoms with Crippen LogP contribution in [0, 0.1) is 0 Å². The molecule has 0 N–H and O–H groups in total. The van der Waals surface area contributed by atoms with Gasteiger partial charge < -0.3 is 4.90 Å². The normalized spacial score (nSPS) is 18.3. The van der Waals surface area contributed by atoms with Crippen molar-refractivity contribution in [1.29, 1.82) is 0 Å². The number of likely N-dealkylation sites (tertiary alicyclic amines) is 1. The standard InChI is InChI=1S/C14H20ClNO2S2/c1-20(17,18)11-10-16-8-6-14(7-9-16)19-13-4-2-12(15)3-5-13/h2-5,14H,6-11H2,1H3. The lowest BCUT2D eigenvalue weighted by atomic mass is 10.1. The van der Waals surface area contributed by atoms with Crippen LogP contribution in [0.2, 0.25) is 5.02 Å². The lowest BCUT2D eigenvalue weighted by molar-refractivity contribution is 0.245. The quantitative estimate of drug-likeness (QED) is 0.830. The Bertz CT molecular complexity index is 523. The molecule has 1 aromatic carbocycles. The smallest absolute Gasteiger partial charge is 0.148 e. The van der Waals surface area contributed by atoms with Gasteiger partial charge in [-0.2, -0.15) is 0 Å². The van der Waals surface area contributed by atoms with E-state index in [1.807, 2.05) is 23.9 Å². The highest BCUT2D eigenvalue weighted by Crippen LogP contribution is 2.30. The van der Waals surface area contributed by atoms with Gasteiger partial charge in [0.25, 0.3) is 0 Å². The van der Waals surface area contributed by atoms with Crippen LogP contribution in [0.25, 0.3) is 0 Å². The molecule has 1 aliphatic rings. The Balaban J connectivity index is 1.75. The second kappa shape index (κ2) is 7.16. The Hall–Kier alpha value is -0.230. The lowest BCUT2D eigenvalue weighted by Crippen LogP contribution is -2.37. The molecule has 1 fully saturated rings. The summed E-state index contributed by atoms with van der Waals surface area (Å²) >= 11 is 7.78. The first-order valence-electron chi connectivity index (χ1n) is 6.75. The highest BCUT2D eigenvalue weighted by atomic mass is 35.5. The lowest BCUT2D eigenvalue weighted by Gasteiger charge is -2.31. The molecule has 6 heteroatoms. The van der Waals surface area contributed by atoms with Crippen LogP contribution >= 0.6 is 23.4 Å². The Morgan fingerprint density at radius 3 is 2.40 bits per heavy atom. The highest BCUT2D eigenvalue weighted by molar-refractivity contribution is 8.00. The molecule has 1 heterocycles. The van der Waals surface area contributed by atoms with Crippen molar-refractivity contribution in [1.82, 2.24) is 4.90 Å². The highest BCUT2D eigenvalue weighted by Gasteiger charge is 2.20. The zero-order chi connectivity index (χ0) is 14.6. The van der Waals surface area contributed by atoms with Crippen molar-refractivity contribution in [3.05, 3.63) is 29.3 Å². The summed E-state index contributed by atoms with van der Waals surface area (Å²) in [6, 6.07) is 7.96. The number of hydrogen-bond acceptors (Lipinski definition) is 4. The maximum absolute atomic E-state index is 11.2. The summed E-state index contributed by atoms with van der Waals surface area (Å²) in [5, 5.41) is 1.38. The second-order valence-electron chi connectivity index (χ2n) is 5.24. The molecule has 0 aliphatic carbocycles. The minimum Gasteiger partial charge on any atom is -0.302 e. The Morgan fingerprint density at radius 2 is 1.85 bits per heavy atom. The van der Waals surface area contributed by atoms with E-state index in [0.29, 0.717) is 11.8 Å². The molecule has 0 spiro atoms. The summed E-state index contributed by atoms with van der Waals surface area (Å²) in [4.78, 5) is 3.50. The molecular weight excluding hydrogens is 314 g/mol. The number of hydrogen-bond donors (Lipinski definition) is 0. The fourth-order valence-corrected chi connectivity index (χ4v) is 4.09. The van der Waals surface area contributed by atoms with Gasteiger partial charge in [-0.15, -0.1) is 11.8 Å². The number of sulfone groups is 1. The molecule has 2 rings (SSSR count). The molecule has 0 unspecified atom stereocenters. The first-order valence-corrected chi connectivity index (χ1v) is 10.1. The molecule has 0 aromatic heterocycles. The van der Waals surface area contributed by atoms with E-state index in [1.54, 1.807) is 0 Å². The molecule has 1 saturated heterocycles. The van der Waals surface area contributed by atoms with Crippen molar-refractivity contribution >= 4 is 33.2 Å². The van der Waals surface area contributed by atoms with E-state index in [-0.39, 0.29) is 5.75 Å². The minimum atomic E-state index is -2.85. The summed E-state index contributed by atoms with van der Waals surface area (Å²) in [6.45, 7) is 2.64. The van der Waals surface area contributed by atoms with Crippen LogP contribution in [-0.4, -0.2) is 50.2 Å². The summed E-state index contributed by atoms with van der Waals surface area (Å²) in [5.41, 5.74) is 0. The Morgan fingerprint density at radius 1 is 1.25 bits per heavy atom. The van der Waals surface area contributed by atoms with Crippen molar-refractivity contribution in [2.45, 2.75) is 23.0 Å². The molecule has 0 radical (unpaired) electrons. The van der Waals surface area contributed by atoms with Crippen LogP contribution in [0.1, 0.15) is 12.8 Å². The van der Waals surface area contributed by atoms with Gasteiger partial charge in [-0.3, -0.25) is 0 Å². The van der Waals surface area contributed by atoms with Crippen molar-refractivity contribution in [3.8, 4) is 0 Å². The zero-order valence-corrected chi connectivity index (χ0v) is 14.0. The van der Waals surface area contributed by atoms with Gasteiger partial charge in [-0.05, 0) is 50.2 Å². The zero-order valence-electron chi connectivity index (χ0n) is 11.6. The Kier molecular flexibility index (Phi) is 5.78. The van der Waals surface area contributed by atoms with E-state index in [1.165, 1.54) is 11.2 Å². The summed E-state index contributed by atoms with van der Waals surface area (Å²) < 4.78 is 22.3. The molecule has 0 amide bonds. The Labute approximate surface area is 130 Å². The average Bonchev–Trinajstić information content (AvgIpc) is 2.40. The van der Waals surface area contributed by atoms with Crippen molar-refractivity contribution in [3.63, 3.8) is 0 Å². The molecule has 0 saturated carbocycles. The minimum absolute atomic E-state index is 0.266. The van der Waals surface area contributed by atoms with Crippen LogP contribution in [0.4, 0.5) is 0 Å². The van der Waals surface area contributed by atoms with E-state index < -0.39 is 9.84 Å². The van der Waals surface area contributed by atoms with Gasteiger partial charge in [0.2, 0.25) is 0 Å². The first kappa shape index (κ1) is 16.1. The van der Waals surface area contributed by atoms with Gasteiger partial charge in [0.15, 0.2) is 0 Å². The molecule has 1 aliphatic heterocycles. The molecule has 0 bridgehead atoms. The van der Waals surface area contributed by atoms with Crippen LogP contribution in [0.15, 0.2) is 29.2 Å². The number of thioether (sulfide) groups is 1. The maximum Gasteiger partial charge on any atom is 0.148 e. The van der Waals surface area contributed by atoms with Crippen molar-refractivity contribution in [2.75, 3.05) is 31.6 Å². The van der Waals surface area contributed by atoms with Gasteiger partial charge in [0.1, 0.15) is 9.84 Å². The van der Waals surface area contributed by atoms with E-state index >= 15 is 0 Å². The second-order valence-corrected chi connectivity index (χ2v) is 9.31. The predicted molar refractivity (Wildman–Crippen MR) is 86.5 cm³/mol. The third-order valence-electron chi connectivity index (χ3n) is 3.43. The maximum atomic E-state index is 11.2. The molecule has 3 nitrogen and oxygen atoms in total. The summed E-state index contributed by atoms with van der Waals surface area (Å²) in [5.74, 6) is 0.266. The molecule has 20 heavy (non-hydrogen) atoms. The van der Waals surface area contributed by atoms with E-state index in [4.69, 9.17) is 11.6 Å². The van der Waals surface area contributed by atoms with Crippen LogP contribution in [0.3, 0.4) is 0 Å².